The molecule has 0 aromatic heterocycles. The SMILES string of the molecule is CC1=NN(C(=O)c2ccc(Cl)cc2)C(=O)C1/N=N/c1ccc(S(N)(=O)=O)cc1. The Hall–Kier alpha value is -2.95. The van der Waals surface area contributed by atoms with Crippen molar-refractivity contribution in [3.63, 3.8) is 0 Å². The summed E-state index contributed by atoms with van der Waals surface area (Å²) in [5.74, 6) is -1.24. The molecule has 1 atom stereocenters. The molecule has 0 fully saturated rings. The molecule has 144 valence electrons. The summed E-state index contributed by atoms with van der Waals surface area (Å²) < 4.78 is 22.5. The largest absolute Gasteiger partial charge is 0.282 e. The van der Waals surface area contributed by atoms with Crippen molar-refractivity contribution in [1.29, 1.82) is 0 Å². The quantitative estimate of drug-likeness (QED) is 0.601. The highest BCUT2D eigenvalue weighted by atomic mass is 35.5. The van der Waals surface area contributed by atoms with E-state index in [0.29, 0.717) is 16.4 Å². The lowest BCUT2D eigenvalue weighted by Crippen LogP contribution is -2.34. The molecule has 0 bridgehead atoms. The van der Waals surface area contributed by atoms with Gasteiger partial charge in [0.15, 0.2) is 6.04 Å². The van der Waals surface area contributed by atoms with Gasteiger partial charge < -0.3 is 0 Å². The van der Waals surface area contributed by atoms with Crippen molar-refractivity contribution in [3.8, 4) is 0 Å². The minimum Gasteiger partial charge on any atom is -0.269 e. The molecule has 0 saturated carbocycles. The Balaban J connectivity index is 1.76. The fraction of sp³-hybridized carbons (Fsp3) is 0.118. The summed E-state index contributed by atoms with van der Waals surface area (Å²) in [6, 6.07) is 10.3. The van der Waals surface area contributed by atoms with Crippen LogP contribution in [0.4, 0.5) is 5.69 Å². The maximum atomic E-state index is 12.5. The van der Waals surface area contributed by atoms with Crippen molar-refractivity contribution in [2.45, 2.75) is 17.9 Å². The lowest BCUT2D eigenvalue weighted by molar-refractivity contribution is -0.127. The Bertz CT molecular complexity index is 1100. The van der Waals surface area contributed by atoms with Crippen LogP contribution in [0, 0.1) is 0 Å². The van der Waals surface area contributed by atoms with E-state index in [1.807, 2.05) is 0 Å². The van der Waals surface area contributed by atoms with E-state index in [-0.39, 0.29) is 10.5 Å². The molecule has 2 aromatic carbocycles. The highest BCUT2D eigenvalue weighted by Gasteiger charge is 2.38. The Morgan fingerprint density at radius 1 is 1.14 bits per heavy atom. The number of azo groups is 1. The predicted molar refractivity (Wildman–Crippen MR) is 102 cm³/mol. The summed E-state index contributed by atoms with van der Waals surface area (Å²) in [6.07, 6.45) is 0. The number of imide groups is 1. The molecule has 2 aromatic rings. The van der Waals surface area contributed by atoms with Gasteiger partial charge in [-0.15, -0.1) is 0 Å². The molecular formula is C17H14ClN5O4S. The summed E-state index contributed by atoms with van der Waals surface area (Å²) >= 11 is 5.80. The molecule has 0 spiro atoms. The smallest absolute Gasteiger partial charge is 0.269 e. The maximum absolute atomic E-state index is 12.5. The fourth-order valence-corrected chi connectivity index (χ4v) is 3.02. The van der Waals surface area contributed by atoms with Crippen molar-refractivity contribution in [3.05, 3.63) is 59.1 Å². The highest BCUT2D eigenvalue weighted by molar-refractivity contribution is 7.89. The van der Waals surface area contributed by atoms with Gasteiger partial charge in [0.1, 0.15) is 0 Å². The summed E-state index contributed by atoms with van der Waals surface area (Å²) in [5.41, 5.74) is 0.873. The van der Waals surface area contributed by atoms with Crippen molar-refractivity contribution < 1.29 is 18.0 Å². The third kappa shape index (κ3) is 4.14. The van der Waals surface area contributed by atoms with Gasteiger partial charge in [0.2, 0.25) is 10.0 Å². The summed E-state index contributed by atoms with van der Waals surface area (Å²) in [7, 11) is -3.81. The van der Waals surface area contributed by atoms with Crippen LogP contribution in [0.2, 0.25) is 5.02 Å². The molecule has 2 N–H and O–H groups in total. The van der Waals surface area contributed by atoms with E-state index < -0.39 is 27.9 Å². The van der Waals surface area contributed by atoms with E-state index in [2.05, 4.69) is 15.3 Å². The molecule has 1 heterocycles. The van der Waals surface area contributed by atoms with Gasteiger partial charge in [-0.05, 0) is 55.5 Å². The van der Waals surface area contributed by atoms with E-state index in [4.69, 9.17) is 16.7 Å². The topological polar surface area (TPSA) is 135 Å². The van der Waals surface area contributed by atoms with Gasteiger partial charge in [0.05, 0.1) is 16.3 Å². The number of nitrogens with zero attached hydrogens (tertiary/aromatic N) is 4. The molecule has 9 nitrogen and oxygen atoms in total. The molecule has 0 aliphatic carbocycles. The van der Waals surface area contributed by atoms with Crippen LogP contribution in [0.3, 0.4) is 0 Å². The molecule has 3 rings (SSSR count). The first-order valence-electron chi connectivity index (χ1n) is 7.89. The number of hydrogen-bond acceptors (Lipinski definition) is 7. The van der Waals surface area contributed by atoms with Gasteiger partial charge in [-0.2, -0.15) is 20.3 Å². The predicted octanol–water partition coefficient (Wildman–Crippen LogP) is 2.50. The average molecular weight is 420 g/mol. The number of sulfonamides is 1. The summed E-state index contributed by atoms with van der Waals surface area (Å²) in [4.78, 5) is 24.9. The maximum Gasteiger partial charge on any atom is 0.282 e. The van der Waals surface area contributed by atoms with E-state index in [9.17, 15) is 18.0 Å². The lowest BCUT2D eigenvalue weighted by atomic mass is 10.2. The van der Waals surface area contributed by atoms with Crippen LogP contribution in [-0.2, 0) is 14.8 Å². The number of primary sulfonamides is 1. The minimum absolute atomic E-state index is 0.0686. The van der Waals surface area contributed by atoms with Crippen LogP contribution in [0.5, 0.6) is 0 Å². The van der Waals surface area contributed by atoms with Crippen LogP contribution in [0.15, 0.2) is 68.8 Å². The second-order valence-electron chi connectivity index (χ2n) is 5.86. The van der Waals surface area contributed by atoms with Gasteiger partial charge in [0.25, 0.3) is 11.8 Å². The molecule has 0 saturated heterocycles. The molecule has 28 heavy (non-hydrogen) atoms. The zero-order chi connectivity index (χ0) is 20.5. The number of rotatable bonds is 4. The monoisotopic (exact) mass is 419 g/mol. The van der Waals surface area contributed by atoms with Crippen LogP contribution < -0.4 is 5.14 Å². The van der Waals surface area contributed by atoms with E-state index >= 15 is 0 Å². The summed E-state index contributed by atoms with van der Waals surface area (Å²) in [5, 5.41) is 18.1. The average Bonchev–Trinajstić information content (AvgIpc) is 2.93. The molecule has 11 heteroatoms. The number of nitrogens with two attached hydrogens (primary N) is 1. The van der Waals surface area contributed by atoms with Crippen LogP contribution in [0.25, 0.3) is 0 Å². The van der Waals surface area contributed by atoms with Crippen molar-refractivity contribution in [2.24, 2.45) is 20.5 Å². The molecule has 1 aliphatic rings. The highest BCUT2D eigenvalue weighted by Crippen LogP contribution is 2.21. The third-order valence-electron chi connectivity index (χ3n) is 3.83. The number of hydrogen-bond donors (Lipinski definition) is 1. The van der Waals surface area contributed by atoms with Gasteiger partial charge in [-0.3, -0.25) is 9.59 Å². The van der Waals surface area contributed by atoms with Crippen molar-refractivity contribution in [2.75, 3.05) is 0 Å². The molecule has 1 unspecified atom stereocenters. The second-order valence-corrected chi connectivity index (χ2v) is 7.86. The molecule has 0 radical (unpaired) electrons. The zero-order valence-electron chi connectivity index (χ0n) is 14.5. The summed E-state index contributed by atoms with van der Waals surface area (Å²) in [6.45, 7) is 1.56. The molecule has 1 aliphatic heterocycles. The molecule has 2 amide bonds. The normalized spacial score (nSPS) is 17.2. The van der Waals surface area contributed by atoms with Gasteiger partial charge in [0, 0.05) is 10.6 Å². The number of carbonyl (C=O) groups is 2. The van der Waals surface area contributed by atoms with Crippen molar-refractivity contribution >= 4 is 44.8 Å². The number of halogens is 1. The van der Waals surface area contributed by atoms with E-state index in [1.165, 1.54) is 48.5 Å². The number of amides is 2. The van der Waals surface area contributed by atoms with E-state index in [1.54, 1.807) is 6.92 Å². The van der Waals surface area contributed by atoms with E-state index in [0.717, 1.165) is 5.01 Å². The fourth-order valence-electron chi connectivity index (χ4n) is 2.38. The van der Waals surface area contributed by atoms with Gasteiger partial charge in [-0.1, -0.05) is 11.6 Å². The first-order valence-corrected chi connectivity index (χ1v) is 9.82. The Labute approximate surface area is 165 Å². The van der Waals surface area contributed by atoms with Gasteiger partial charge in [-0.25, -0.2) is 13.6 Å². The van der Waals surface area contributed by atoms with Crippen LogP contribution >= 0.6 is 11.6 Å². The Kier molecular flexibility index (Phi) is 5.36. The van der Waals surface area contributed by atoms with Gasteiger partial charge >= 0.3 is 0 Å². The minimum atomic E-state index is -3.81. The lowest BCUT2D eigenvalue weighted by Gasteiger charge is -2.10. The second kappa shape index (κ2) is 7.58. The van der Waals surface area contributed by atoms with Crippen molar-refractivity contribution in [1.82, 2.24) is 5.01 Å². The van der Waals surface area contributed by atoms with Crippen LogP contribution in [-0.4, -0.2) is 37.0 Å². The standard InChI is InChI=1S/C17H14ClN5O4S/c1-10-15(21-20-13-6-8-14(9-7-13)28(19,26)27)17(25)23(22-10)16(24)11-2-4-12(18)5-3-11/h2-9,15H,1H3,(H2,19,26,27)/b21-20+. The number of carbonyl (C=O) groups excluding carboxylic acids is 2. The molecular weight excluding hydrogens is 406 g/mol. The first-order chi connectivity index (χ1) is 13.2. The third-order valence-corrected chi connectivity index (χ3v) is 5.01. The number of hydrazone groups is 1. The Morgan fingerprint density at radius 3 is 2.32 bits per heavy atom. The first kappa shape index (κ1) is 19.8. The number of benzene rings is 2. The van der Waals surface area contributed by atoms with Crippen LogP contribution in [0.1, 0.15) is 17.3 Å². The Morgan fingerprint density at radius 2 is 1.75 bits per heavy atom. The zero-order valence-corrected chi connectivity index (χ0v) is 16.1.